The number of rotatable bonds is 9. The Kier molecular flexibility index (Phi) is 10.1. The number of amidine groups is 1. The van der Waals surface area contributed by atoms with Crippen molar-refractivity contribution < 1.29 is 27.5 Å². The van der Waals surface area contributed by atoms with Crippen LogP contribution in [-0.2, 0) is 29.0 Å². The lowest BCUT2D eigenvalue weighted by molar-refractivity contribution is -0.157. The highest BCUT2D eigenvalue weighted by atomic mass is 32.2. The molecule has 3 atom stereocenters. The molecule has 0 saturated heterocycles. The summed E-state index contributed by atoms with van der Waals surface area (Å²) in [4.78, 5) is 44.8. The number of aliphatic imine (C=N–C) groups is 1. The van der Waals surface area contributed by atoms with Crippen LogP contribution in [0, 0.1) is 0 Å². The number of nitrogens with zero attached hydrogens (tertiary/aromatic N) is 2. The van der Waals surface area contributed by atoms with E-state index in [4.69, 9.17) is 21.9 Å². The summed E-state index contributed by atoms with van der Waals surface area (Å²) in [6.07, 6.45) is 0. The first kappa shape index (κ1) is 34.0. The minimum absolute atomic E-state index is 0.123. The average Bonchev–Trinajstić information content (AvgIpc) is 3.02. The van der Waals surface area contributed by atoms with Crippen molar-refractivity contribution in [1.82, 2.24) is 0 Å². The van der Waals surface area contributed by atoms with Crippen LogP contribution >= 0.6 is 0 Å². The Morgan fingerprint density at radius 1 is 0.826 bits per heavy atom. The Morgan fingerprint density at radius 2 is 1.41 bits per heavy atom. The quantitative estimate of drug-likeness (QED) is 0.139. The number of nitrogens with two attached hydrogens (primary N) is 3. The monoisotopic (exact) mass is 643 g/mol. The third-order valence-electron chi connectivity index (χ3n) is 6.93. The summed E-state index contributed by atoms with van der Waals surface area (Å²) in [6.45, 7) is 6.66. The molecule has 2 amide bonds. The maximum absolute atomic E-state index is 13.6. The lowest BCUT2D eigenvalue weighted by Crippen LogP contribution is -2.48. The summed E-state index contributed by atoms with van der Waals surface area (Å²) in [6, 6.07) is 24.1. The van der Waals surface area contributed by atoms with Crippen LogP contribution in [0.2, 0.25) is 0 Å². The fourth-order valence-electron chi connectivity index (χ4n) is 4.67. The molecule has 0 fully saturated rings. The van der Waals surface area contributed by atoms with Gasteiger partial charge in [-0.1, -0.05) is 72.8 Å². The van der Waals surface area contributed by atoms with Crippen molar-refractivity contribution in [1.29, 1.82) is 0 Å². The molecule has 0 bridgehead atoms. The first-order valence-electron chi connectivity index (χ1n) is 14.4. The average molecular weight is 644 g/mol. The molecule has 0 saturated carbocycles. The Morgan fingerprint density at radius 3 is 2.00 bits per heavy atom. The van der Waals surface area contributed by atoms with Crippen molar-refractivity contribution in [3.8, 4) is 0 Å². The predicted molar refractivity (Wildman–Crippen MR) is 177 cm³/mol. The Hall–Kier alpha value is -4.91. The highest BCUT2D eigenvalue weighted by molar-refractivity contribution is 7.92. The Labute approximate surface area is 268 Å². The molecule has 240 valence electrons. The van der Waals surface area contributed by atoms with Crippen LogP contribution in [0.1, 0.15) is 44.9 Å². The van der Waals surface area contributed by atoms with Crippen molar-refractivity contribution >= 4 is 49.9 Å². The Bertz CT molecular complexity index is 1880. The molecular formula is C34H37N5O6S. The van der Waals surface area contributed by atoms with E-state index < -0.39 is 50.7 Å². The third-order valence-corrected chi connectivity index (χ3v) is 8.71. The van der Waals surface area contributed by atoms with E-state index in [1.54, 1.807) is 69.3 Å². The SMILES string of the molecule is C[C@H](N)C(=O)N(c1ccccc1)[C@H](C(=O)OC(C)(C)C)c1ccc(C(N)=NC(=O)C(N)S(=O)(=O)c2ccc3ccccc3c2)cc1. The summed E-state index contributed by atoms with van der Waals surface area (Å²) in [5.41, 5.74) is 18.2. The van der Waals surface area contributed by atoms with Gasteiger partial charge in [0.25, 0.3) is 5.91 Å². The number of hydrogen-bond donors (Lipinski definition) is 3. The van der Waals surface area contributed by atoms with Crippen molar-refractivity contribution in [3.05, 3.63) is 108 Å². The lowest BCUT2D eigenvalue weighted by Gasteiger charge is -2.34. The number of carbonyl (C=O) groups is 3. The van der Waals surface area contributed by atoms with Gasteiger partial charge < -0.3 is 21.9 Å². The Balaban J connectivity index is 1.65. The standard InChI is InChI=1S/C34H37N5O6S/c1-21(35)32(41)39(26-12-6-5-7-13-26)28(33(42)45-34(2,3)4)23-14-16-24(17-15-23)29(36)38-31(40)30(37)46(43,44)27-19-18-22-10-8-9-11-25(22)20-27/h5-21,28,30H,35,37H2,1-4H3,(H2,36,38,40)/t21-,28-,30?/m0/s1. The molecule has 0 aliphatic rings. The van der Waals surface area contributed by atoms with Crippen molar-refractivity contribution in [3.63, 3.8) is 0 Å². The molecule has 6 N–H and O–H groups in total. The second kappa shape index (κ2) is 13.6. The molecule has 46 heavy (non-hydrogen) atoms. The van der Waals surface area contributed by atoms with Crippen molar-refractivity contribution in [2.45, 2.75) is 55.6 Å². The maximum atomic E-state index is 13.6. The van der Waals surface area contributed by atoms with Gasteiger partial charge in [0.1, 0.15) is 11.4 Å². The number of fused-ring (bicyclic) bond motifs is 1. The van der Waals surface area contributed by atoms with Gasteiger partial charge in [0.05, 0.1) is 10.9 Å². The molecule has 4 rings (SSSR count). The second-order valence-corrected chi connectivity index (χ2v) is 13.8. The number of anilines is 1. The molecule has 0 heterocycles. The zero-order chi connectivity index (χ0) is 33.8. The molecule has 12 heteroatoms. The van der Waals surface area contributed by atoms with Gasteiger partial charge in [-0.05, 0) is 68.3 Å². The van der Waals surface area contributed by atoms with Crippen LogP contribution in [0.15, 0.2) is 107 Å². The fraction of sp³-hybridized carbons (Fsp3) is 0.235. The topological polar surface area (TPSA) is 188 Å². The highest BCUT2D eigenvalue weighted by Crippen LogP contribution is 2.31. The number of amides is 2. The zero-order valence-electron chi connectivity index (χ0n) is 26.0. The normalized spacial score (nSPS) is 14.3. The van der Waals surface area contributed by atoms with E-state index >= 15 is 0 Å². The largest absolute Gasteiger partial charge is 0.458 e. The summed E-state index contributed by atoms with van der Waals surface area (Å²) < 4.78 is 32.0. The van der Waals surface area contributed by atoms with Crippen molar-refractivity contribution in [2.75, 3.05) is 4.90 Å². The third kappa shape index (κ3) is 7.65. The van der Waals surface area contributed by atoms with Gasteiger partial charge >= 0.3 is 5.97 Å². The van der Waals surface area contributed by atoms with Crippen LogP contribution in [0.3, 0.4) is 0 Å². The summed E-state index contributed by atoms with van der Waals surface area (Å²) in [7, 11) is -4.28. The highest BCUT2D eigenvalue weighted by Gasteiger charge is 2.37. The fourth-order valence-corrected chi connectivity index (χ4v) is 5.83. The number of carbonyl (C=O) groups excluding carboxylic acids is 3. The molecule has 4 aromatic carbocycles. The minimum atomic E-state index is -4.28. The van der Waals surface area contributed by atoms with E-state index in [1.165, 1.54) is 48.2 Å². The van der Waals surface area contributed by atoms with Gasteiger partial charge in [-0.25, -0.2) is 13.2 Å². The summed E-state index contributed by atoms with van der Waals surface area (Å²) >= 11 is 0. The number of sulfone groups is 1. The summed E-state index contributed by atoms with van der Waals surface area (Å²) in [5, 5.41) is -0.494. The van der Waals surface area contributed by atoms with E-state index in [0.717, 1.165) is 5.39 Å². The van der Waals surface area contributed by atoms with Crippen LogP contribution in [0.5, 0.6) is 0 Å². The number of hydrogen-bond acceptors (Lipinski definition) is 8. The van der Waals surface area contributed by atoms with Gasteiger partial charge in [0, 0.05) is 11.3 Å². The lowest BCUT2D eigenvalue weighted by atomic mass is 10.0. The van der Waals surface area contributed by atoms with Gasteiger partial charge in [0.2, 0.25) is 15.7 Å². The van der Waals surface area contributed by atoms with E-state index in [-0.39, 0.29) is 16.3 Å². The predicted octanol–water partition coefficient (Wildman–Crippen LogP) is 3.59. The molecule has 0 spiro atoms. The van der Waals surface area contributed by atoms with E-state index in [1.807, 2.05) is 12.1 Å². The van der Waals surface area contributed by atoms with Crippen LogP contribution in [0.25, 0.3) is 10.8 Å². The molecule has 11 nitrogen and oxygen atoms in total. The first-order chi connectivity index (χ1) is 21.6. The number of para-hydroxylation sites is 1. The number of esters is 1. The molecule has 0 aliphatic carbocycles. The number of ether oxygens (including phenoxy) is 1. The number of benzene rings is 4. The van der Waals surface area contributed by atoms with Crippen LogP contribution in [-0.4, -0.2) is 49.1 Å². The van der Waals surface area contributed by atoms with E-state index in [2.05, 4.69) is 4.99 Å². The molecule has 0 radical (unpaired) electrons. The minimum Gasteiger partial charge on any atom is -0.458 e. The molecule has 0 aliphatic heterocycles. The van der Waals surface area contributed by atoms with Gasteiger partial charge in [-0.2, -0.15) is 4.99 Å². The van der Waals surface area contributed by atoms with Crippen LogP contribution < -0.4 is 22.1 Å². The van der Waals surface area contributed by atoms with Crippen molar-refractivity contribution in [2.24, 2.45) is 22.2 Å². The maximum Gasteiger partial charge on any atom is 0.334 e. The van der Waals surface area contributed by atoms with E-state index in [9.17, 15) is 22.8 Å². The van der Waals surface area contributed by atoms with Crippen LogP contribution in [0.4, 0.5) is 5.69 Å². The molecule has 1 unspecified atom stereocenters. The molecule has 4 aromatic rings. The molecular weight excluding hydrogens is 606 g/mol. The second-order valence-electron chi connectivity index (χ2n) is 11.7. The first-order valence-corrected chi connectivity index (χ1v) is 16.0. The smallest absolute Gasteiger partial charge is 0.334 e. The van der Waals surface area contributed by atoms with Gasteiger partial charge in [-0.3, -0.25) is 14.5 Å². The van der Waals surface area contributed by atoms with Gasteiger partial charge in [-0.15, -0.1) is 0 Å². The summed E-state index contributed by atoms with van der Waals surface area (Å²) in [5.74, 6) is -2.65. The van der Waals surface area contributed by atoms with E-state index in [0.29, 0.717) is 16.6 Å². The molecule has 0 aromatic heterocycles. The zero-order valence-corrected chi connectivity index (χ0v) is 26.8. The van der Waals surface area contributed by atoms with Gasteiger partial charge in [0.15, 0.2) is 11.4 Å².